The van der Waals surface area contributed by atoms with Gasteiger partial charge in [0.1, 0.15) is 0 Å². The smallest absolute Gasteiger partial charge is 0.0733 e. The third kappa shape index (κ3) is 5.44. The lowest BCUT2D eigenvalue weighted by Gasteiger charge is -2.41. The van der Waals surface area contributed by atoms with E-state index in [4.69, 9.17) is 4.74 Å². The number of likely N-dealkylation sites (N-methyl/N-ethyl adjacent to an activating group) is 1. The number of hydrogen-bond acceptors (Lipinski definition) is 2. The third-order valence-electron chi connectivity index (χ3n) is 4.59. The number of aryl methyl sites for hydroxylation is 1. The van der Waals surface area contributed by atoms with Crippen molar-refractivity contribution in [3.05, 3.63) is 35.9 Å². The second-order valence-corrected chi connectivity index (χ2v) is 7.07. The highest BCUT2D eigenvalue weighted by atomic mass is 16.5. The number of benzene rings is 1. The van der Waals surface area contributed by atoms with Gasteiger partial charge in [0.2, 0.25) is 0 Å². The van der Waals surface area contributed by atoms with Gasteiger partial charge in [0.15, 0.2) is 0 Å². The molecule has 0 aromatic heterocycles. The van der Waals surface area contributed by atoms with Gasteiger partial charge in [-0.15, -0.1) is 0 Å². The Morgan fingerprint density at radius 3 is 2.71 bits per heavy atom. The summed E-state index contributed by atoms with van der Waals surface area (Å²) in [7, 11) is 0. The summed E-state index contributed by atoms with van der Waals surface area (Å²) >= 11 is 0. The zero-order valence-electron chi connectivity index (χ0n) is 13.9. The molecule has 1 aliphatic carbocycles. The summed E-state index contributed by atoms with van der Waals surface area (Å²) < 4.78 is 6.24. The van der Waals surface area contributed by atoms with E-state index in [1.165, 1.54) is 24.8 Å². The SMILES string of the molecule is CCNC1CCC(C)(C)CC1OCCCc1ccccc1. The lowest BCUT2D eigenvalue weighted by molar-refractivity contribution is -0.0284. The number of nitrogens with one attached hydrogen (secondary N) is 1. The fourth-order valence-electron chi connectivity index (χ4n) is 3.35. The predicted molar refractivity (Wildman–Crippen MR) is 89.6 cm³/mol. The molecule has 118 valence electrons. The minimum atomic E-state index is 0.379. The second kappa shape index (κ2) is 7.95. The molecular formula is C19H31NO. The molecule has 1 aromatic carbocycles. The molecule has 1 N–H and O–H groups in total. The van der Waals surface area contributed by atoms with Crippen LogP contribution in [0.5, 0.6) is 0 Å². The van der Waals surface area contributed by atoms with Gasteiger partial charge in [-0.05, 0) is 49.6 Å². The van der Waals surface area contributed by atoms with Crippen LogP contribution in [0.2, 0.25) is 0 Å². The van der Waals surface area contributed by atoms with Crippen molar-refractivity contribution in [3.63, 3.8) is 0 Å². The first kappa shape index (κ1) is 16.5. The molecule has 2 heteroatoms. The molecule has 21 heavy (non-hydrogen) atoms. The van der Waals surface area contributed by atoms with E-state index in [9.17, 15) is 0 Å². The van der Waals surface area contributed by atoms with Crippen LogP contribution in [-0.4, -0.2) is 25.3 Å². The maximum absolute atomic E-state index is 6.24. The van der Waals surface area contributed by atoms with Crippen LogP contribution < -0.4 is 5.32 Å². The summed E-state index contributed by atoms with van der Waals surface area (Å²) in [6.07, 6.45) is 6.32. The standard InChI is InChI=1S/C19H31NO/c1-4-20-17-12-13-19(2,3)15-18(17)21-14-8-11-16-9-6-5-7-10-16/h5-7,9-10,17-18,20H,4,8,11-15H2,1-3H3. The molecule has 1 fully saturated rings. The fourth-order valence-corrected chi connectivity index (χ4v) is 3.35. The van der Waals surface area contributed by atoms with Crippen molar-refractivity contribution in [1.29, 1.82) is 0 Å². The Bertz CT molecular complexity index is 401. The molecule has 0 amide bonds. The topological polar surface area (TPSA) is 21.3 Å². The Balaban J connectivity index is 1.76. The molecule has 0 bridgehead atoms. The van der Waals surface area contributed by atoms with Crippen molar-refractivity contribution in [1.82, 2.24) is 5.32 Å². The summed E-state index contributed by atoms with van der Waals surface area (Å²) in [6.45, 7) is 8.84. The van der Waals surface area contributed by atoms with Gasteiger partial charge in [0.25, 0.3) is 0 Å². The Kier molecular flexibility index (Phi) is 6.25. The van der Waals surface area contributed by atoms with Crippen LogP contribution in [0.4, 0.5) is 0 Å². The van der Waals surface area contributed by atoms with Crippen molar-refractivity contribution in [2.45, 2.75) is 65.0 Å². The van der Waals surface area contributed by atoms with Crippen LogP contribution in [0.25, 0.3) is 0 Å². The van der Waals surface area contributed by atoms with Gasteiger partial charge < -0.3 is 10.1 Å². The summed E-state index contributed by atoms with van der Waals surface area (Å²) in [4.78, 5) is 0. The van der Waals surface area contributed by atoms with E-state index in [0.29, 0.717) is 17.6 Å². The summed E-state index contributed by atoms with van der Waals surface area (Å²) in [5.74, 6) is 0. The average Bonchev–Trinajstić information content (AvgIpc) is 2.47. The van der Waals surface area contributed by atoms with Crippen LogP contribution in [0.15, 0.2) is 30.3 Å². The molecule has 2 atom stereocenters. The lowest BCUT2D eigenvalue weighted by atomic mass is 9.74. The molecule has 2 rings (SSSR count). The monoisotopic (exact) mass is 289 g/mol. The zero-order chi connectivity index (χ0) is 15.1. The highest BCUT2D eigenvalue weighted by molar-refractivity contribution is 5.14. The molecular weight excluding hydrogens is 258 g/mol. The number of ether oxygens (including phenoxy) is 1. The van der Waals surface area contributed by atoms with Gasteiger partial charge in [-0.3, -0.25) is 0 Å². The van der Waals surface area contributed by atoms with Crippen molar-refractivity contribution >= 4 is 0 Å². The number of rotatable bonds is 7. The van der Waals surface area contributed by atoms with Crippen LogP contribution in [0.3, 0.4) is 0 Å². The fraction of sp³-hybridized carbons (Fsp3) is 0.684. The number of hydrogen-bond donors (Lipinski definition) is 1. The van der Waals surface area contributed by atoms with Crippen LogP contribution >= 0.6 is 0 Å². The molecule has 1 saturated carbocycles. The Labute approximate surface area is 130 Å². The molecule has 0 spiro atoms. The first-order valence-corrected chi connectivity index (χ1v) is 8.49. The van der Waals surface area contributed by atoms with Crippen LogP contribution in [-0.2, 0) is 11.2 Å². The van der Waals surface area contributed by atoms with Crippen molar-refractivity contribution in [2.75, 3.05) is 13.2 Å². The van der Waals surface area contributed by atoms with E-state index in [1.807, 2.05) is 0 Å². The molecule has 0 aliphatic heterocycles. The molecule has 0 saturated heterocycles. The third-order valence-corrected chi connectivity index (χ3v) is 4.59. The van der Waals surface area contributed by atoms with Crippen molar-refractivity contribution < 1.29 is 4.74 Å². The Morgan fingerprint density at radius 2 is 2.00 bits per heavy atom. The molecule has 1 aromatic rings. The second-order valence-electron chi connectivity index (χ2n) is 7.07. The normalized spacial score (nSPS) is 24.9. The molecule has 2 nitrogen and oxygen atoms in total. The van der Waals surface area contributed by atoms with E-state index in [2.05, 4.69) is 56.4 Å². The maximum atomic E-state index is 6.24. The van der Waals surface area contributed by atoms with Crippen molar-refractivity contribution in [3.8, 4) is 0 Å². The Hall–Kier alpha value is -0.860. The van der Waals surface area contributed by atoms with Gasteiger partial charge in [-0.1, -0.05) is 51.1 Å². The summed E-state index contributed by atoms with van der Waals surface area (Å²) in [5, 5.41) is 3.61. The Morgan fingerprint density at radius 1 is 1.24 bits per heavy atom. The van der Waals surface area contributed by atoms with Gasteiger partial charge in [-0.2, -0.15) is 0 Å². The summed E-state index contributed by atoms with van der Waals surface area (Å²) in [5.41, 5.74) is 1.84. The van der Waals surface area contributed by atoms with Gasteiger partial charge in [-0.25, -0.2) is 0 Å². The molecule has 2 unspecified atom stereocenters. The average molecular weight is 289 g/mol. The van der Waals surface area contributed by atoms with Gasteiger partial charge in [0.05, 0.1) is 6.10 Å². The van der Waals surface area contributed by atoms with E-state index in [0.717, 1.165) is 26.0 Å². The van der Waals surface area contributed by atoms with E-state index in [1.54, 1.807) is 0 Å². The molecule has 1 aliphatic rings. The van der Waals surface area contributed by atoms with Crippen LogP contribution in [0.1, 0.15) is 52.0 Å². The zero-order valence-corrected chi connectivity index (χ0v) is 13.9. The molecule has 0 radical (unpaired) electrons. The maximum Gasteiger partial charge on any atom is 0.0733 e. The first-order valence-electron chi connectivity index (χ1n) is 8.49. The van der Waals surface area contributed by atoms with E-state index >= 15 is 0 Å². The minimum absolute atomic E-state index is 0.379. The molecule has 0 heterocycles. The predicted octanol–water partition coefficient (Wildman–Crippen LogP) is 4.19. The first-order chi connectivity index (χ1) is 10.1. The largest absolute Gasteiger partial charge is 0.377 e. The highest BCUT2D eigenvalue weighted by Gasteiger charge is 2.34. The quantitative estimate of drug-likeness (QED) is 0.760. The van der Waals surface area contributed by atoms with Crippen LogP contribution in [0, 0.1) is 5.41 Å². The van der Waals surface area contributed by atoms with E-state index in [-0.39, 0.29) is 0 Å². The summed E-state index contributed by atoms with van der Waals surface area (Å²) in [6, 6.07) is 11.2. The van der Waals surface area contributed by atoms with Gasteiger partial charge in [0, 0.05) is 12.6 Å². The lowest BCUT2D eigenvalue weighted by Crippen LogP contribution is -2.47. The van der Waals surface area contributed by atoms with Crippen molar-refractivity contribution in [2.24, 2.45) is 5.41 Å². The van der Waals surface area contributed by atoms with Gasteiger partial charge >= 0.3 is 0 Å². The minimum Gasteiger partial charge on any atom is -0.377 e. The highest BCUT2D eigenvalue weighted by Crippen LogP contribution is 2.36. The van der Waals surface area contributed by atoms with E-state index < -0.39 is 0 Å².